The zero-order chi connectivity index (χ0) is 15.0. The number of halogens is 2. The van der Waals surface area contributed by atoms with Gasteiger partial charge in [-0.1, -0.05) is 0 Å². The average Bonchev–Trinajstić information content (AvgIpc) is 3.02. The highest BCUT2D eigenvalue weighted by Gasteiger charge is 2.35. The van der Waals surface area contributed by atoms with E-state index in [2.05, 4.69) is 16.5 Å². The summed E-state index contributed by atoms with van der Waals surface area (Å²) < 4.78 is 26.7. The predicted octanol–water partition coefficient (Wildman–Crippen LogP) is 3.10. The second kappa shape index (κ2) is 5.46. The third kappa shape index (κ3) is 2.38. The van der Waals surface area contributed by atoms with Crippen LogP contribution in [0.4, 0.5) is 4.39 Å². The molecule has 6 heteroatoms. The van der Waals surface area contributed by atoms with Crippen molar-refractivity contribution in [2.45, 2.75) is 25.3 Å². The second-order valence-electron chi connectivity index (χ2n) is 5.58. The Morgan fingerprint density at radius 1 is 1.52 bits per heavy atom. The van der Waals surface area contributed by atoms with Crippen molar-refractivity contribution in [3.63, 3.8) is 0 Å². The molecule has 114 valence electrons. The minimum atomic E-state index is -0.403. The molecule has 2 heterocycles. The number of aromatic nitrogens is 2. The number of rotatable bonds is 4. The molecule has 2 aromatic rings. The van der Waals surface area contributed by atoms with E-state index in [1.54, 1.807) is 6.07 Å². The van der Waals surface area contributed by atoms with Crippen molar-refractivity contribution in [1.29, 1.82) is 0 Å². The number of nitrogens with zero attached hydrogens (tertiary/aromatic N) is 2. The van der Waals surface area contributed by atoms with Gasteiger partial charge in [0, 0.05) is 31.0 Å². The fourth-order valence-corrected chi connectivity index (χ4v) is 3.14. The number of aryl methyl sites for hydroxylation is 1. The Morgan fingerprint density at radius 2 is 2.33 bits per heavy atom. The lowest BCUT2D eigenvalue weighted by molar-refractivity contribution is 0.162. The van der Waals surface area contributed by atoms with Gasteiger partial charge in [0.2, 0.25) is 0 Å². The molecule has 0 spiro atoms. The molecule has 1 fully saturated rings. The van der Waals surface area contributed by atoms with Gasteiger partial charge < -0.3 is 14.0 Å². The summed E-state index contributed by atoms with van der Waals surface area (Å²) in [6, 6.07) is 3.13. The first-order valence-corrected chi connectivity index (χ1v) is 7.51. The topological polar surface area (TPSA) is 36.3 Å². The Labute approximate surface area is 127 Å². The van der Waals surface area contributed by atoms with Crippen molar-refractivity contribution in [1.82, 2.24) is 9.55 Å². The largest absolute Gasteiger partial charge is 0.494 e. The maximum Gasteiger partial charge on any atom is 0.167 e. The van der Waals surface area contributed by atoms with Crippen LogP contribution < -0.4 is 4.74 Å². The zero-order valence-electron chi connectivity index (χ0n) is 12.2. The summed E-state index contributed by atoms with van der Waals surface area (Å²) in [7, 11) is 1.46. The third-order valence-electron chi connectivity index (χ3n) is 4.05. The van der Waals surface area contributed by atoms with Gasteiger partial charge >= 0.3 is 0 Å². The van der Waals surface area contributed by atoms with E-state index in [9.17, 15) is 4.39 Å². The molecule has 1 aromatic heterocycles. The van der Waals surface area contributed by atoms with E-state index in [-0.39, 0.29) is 11.3 Å². The highest BCUT2D eigenvalue weighted by Crippen LogP contribution is 2.34. The number of ether oxygens (including phenoxy) is 2. The SMILES string of the molecule is COc1cc2c(cc1F)nc(CCCl)n2C1(C)CCOC1. The van der Waals surface area contributed by atoms with Crippen LogP contribution in [0.3, 0.4) is 0 Å². The van der Waals surface area contributed by atoms with Crippen LogP contribution in [-0.4, -0.2) is 35.8 Å². The third-order valence-corrected chi connectivity index (χ3v) is 4.24. The van der Waals surface area contributed by atoms with Crippen LogP contribution in [0.25, 0.3) is 11.0 Å². The molecule has 1 aromatic carbocycles. The number of imidazole rings is 1. The molecule has 1 atom stereocenters. The summed E-state index contributed by atoms with van der Waals surface area (Å²) in [5.74, 6) is 1.16. The average molecular weight is 313 g/mol. The maximum atomic E-state index is 13.9. The van der Waals surface area contributed by atoms with Crippen LogP contribution in [0.15, 0.2) is 12.1 Å². The Bertz CT molecular complexity index is 665. The number of hydrogen-bond donors (Lipinski definition) is 0. The number of benzene rings is 1. The molecule has 1 saturated heterocycles. The van der Waals surface area contributed by atoms with Crippen molar-refractivity contribution < 1.29 is 13.9 Å². The van der Waals surface area contributed by atoms with E-state index < -0.39 is 5.82 Å². The van der Waals surface area contributed by atoms with Crippen molar-refractivity contribution in [2.75, 3.05) is 26.2 Å². The van der Waals surface area contributed by atoms with Crippen LogP contribution in [0.5, 0.6) is 5.75 Å². The number of alkyl halides is 1. The molecule has 0 aliphatic carbocycles. The van der Waals surface area contributed by atoms with Gasteiger partial charge in [-0.3, -0.25) is 0 Å². The fraction of sp³-hybridized carbons (Fsp3) is 0.533. The zero-order valence-corrected chi connectivity index (χ0v) is 12.9. The van der Waals surface area contributed by atoms with Gasteiger partial charge in [0.25, 0.3) is 0 Å². The Balaban J connectivity index is 2.25. The van der Waals surface area contributed by atoms with Crippen molar-refractivity contribution in [2.24, 2.45) is 0 Å². The second-order valence-corrected chi connectivity index (χ2v) is 5.96. The van der Waals surface area contributed by atoms with Crippen molar-refractivity contribution in [3.8, 4) is 5.75 Å². The summed E-state index contributed by atoms with van der Waals surface area (Å²) in [5, 5.41) is 0. The van der Waals surface area contributed by atoms with Crippen LogP contribution >= 0.6 is 11.6 Å². The molecule has 0 amide bonds. The summed E-state index contributed by atoms with van der Waals surface area (Å²) in [6.07, 6.45) is 1.53. The monoisotopic (exact) mass is 312 g/mol. The number of hydrogen-bond acceptors (Lipinski definition) is 3. The van der Waals surface area contributed by atoms with Crippen molar-refractivity contribution >= 4 is 22.6 Å². The van der Waals surface area contributed by atoms with Gasteiger partial charge in [-0.25, -0.2) is 9.37 Å². The molecule has 0 bridgehead atoms. The molecule has 0 radical (unpaired) electrons. The van der Waals surface area contributed by atoms with E-state index >= 15 is 0 Å². The molecule has 1 unspecified atom stereocenters. The first-order chi connectivity index (χ1) is 10.1. The van der Waals surface area contributed by atoms with Crippen LogP contribution in [0.2, 0.25) is 0 Å². The highest BCUT2D eigenvalue weighted by molar-refractivity contribution is 6.17. The van der Waals surface area contributed by atoms with E-state index in [0.29, 0.717) is 24.4 Å². The van der Waals surface area contributed by atoms with E-state index in [1.165, 1.54) is 13.2 Å². The van der Waals surface area contributed by atoms with Gasteiger partial charge in [0.05, 0.1) is 30.3 Å². The van der Waals surface area contributed by atoms with Crippen LogP contribution in [0, 0.1) is 5.82 Å². The number of methoxy groups -OCH3 is 1. The first kappa shape index (κ1) is 14.6. The molecular weight excluding hydrogens is 295 g/mol. The van der Waals surface area contributed by atoms with Gasteiger partial charge in [-0.2, -0.15) is 0 Å². The maximum absolute atomic E-state index is 13.9. The van der Waals surface area contributed by atoms with E-state index in [1.807, 2.05) is 0 Å². The Kier molecular flexibility index (Phi) is 3.80. The summed E-state index contributed by atoms with van der Waals surface area (Å²) in [4.78, 5) is 4.56. The fourth-order valence-electron chi connectivity index (χ4n) is 2.97. The summed E-state index contributed by atoms with van der Waals surface area (Å²) in [5.41, 5.74) is 1.31. The van der Waals surface area contributed by atoms with Gasteiger partial charge in [-0.15, -0.1) is 11.6 Å². The quantitative estimate of drug-likeness (QED) is 0.814. The predicted molar refractivity (Wildman–Crippen MR) is 79.8 cm³/mol. The Hall–Kier alpha value is -1.33. The van der Waals surface area contributed by atoms with E-state index in [4.69, 9.17) is 21.1 Å². The molecule has 1 aliphatic heterocycles. The van der Waals surface area contributed by atoms with Crippen LogP contribution in [-0.2, 0) is 16.7 Å². The molecule has 0 N–H and O–H groups in total. The molecule has 4 nitrogen and oxygen atoms in total. The highest BCUT2D eigenvalue weighted by atomic mass is 35.5. The molecule has 1 aliphatic rings. The lowest BCUT2D eigenvalue weighted by Crippen LogP contribution is -2.32. The summed E-state index contributed by atoms with van der Waals surface area (Å²) in [6.45, 7) is 3.47. The van der Waals surface area contributed by atoms with Crippen LogP contribution in [0.1, 0.15) is 19.2 Å². The van der Waals surface area contributed by atoms with Gasteiger partial charge in [0.15, 0.2) is 11.6 Å². The molecule has 21 heavy (non-hydrogen) atoms. The van der Waals surface area contributed by atoms with Crippen molar-refractivity contribution in [3.05, 3.63) is 23.8 Å². The molecular formula is C15H18ClFN2O2. The minimum absolute atomic E-state index is 0.182. The van der Waals surface area contributed by atoms with E-state index in [0.717, 1.165) is 24.4 Å². The first-order valence-electron chi connectivity index (χ1n) is 6.98. The lowest BCUT2D eigenvalue weighted by atomic mass is 10.0. The smallest absolute Gasteiger partial charge is 0.167 e. The molecule has 3 rings (SSSR count). The lowest BCUT2D eigenvalue weighted by Gasteiger charge is -2.27. The molecule has 0 saturated carbocycles. The standard InChI is InChI=1S/C15H18ClFN2O2/c1-15(4-6-21-9-15)19-12-8-13(20-2)10(17)7-11(12)18-14(19)3-5-16/h7-8H,3-6,9H2,1-2H3. The van der Waals surface area contributed by atoms with Gasteiger partial charge in [0.1, 0.15) is 5.82 Å². The van der Waals surface area contributed by atoms with Gasteiger partial charge in [-0.05, 0) is 13.3 Å². The Morgan fingerprint density at radius 3 is 2.95 bits per heavy atom. The number of fused-ring (bicyclic) bond motifs is 1. The normalized spacial score (nSPS) is 22.1. The minimum Gasteiger partial charge on any atom is -0.494 e. The summed E-state index contributed by atoms with van der Waals surface area (Å²) >= 11 is 5.89.